The van der Waals surface area contributed by atoms with E-state index in [1.165, 1.54) is 0 Å². The highest BCUT2D eigenvalue weighted by atomic mass is 35.5. The van der Waals surface area contributed by atoms with E-state index >= 15 is 0 Å². The lowest BCUT2D eigenvalue weighted by Gasteiger charge is -2.09. The molecule has 1 aromatic rings. The summed E-state index contributed by atoms with van der Waals surface area (Å²) >= 11 is 4.93. The zero-order valence-corrected chi connectivity index (χ0v) is 8.82. The fraction of sp³-hybridized carbons (Fsp3) is 0.143. The number of nitro groups is 1. The van der Waals surface area contributed by atoms with Crippen LogP contribution in [0.25, 0.3) is 0 Å². The maximum Gasteiger partial charge on any atom is 0.573 e. The molecule has 0 aliphatic heterocycles. The topological polar surface area (TPSA) is 103 Å². The smallest absolute Gasteiger partial charge is 0.498 e. The second kappa shape index (κ2) is 4.64. The Labute approximate surface area is 101 Å². The molecule has 1 heterocycles. The third-order valence-corrected chi connectivity index (χ3v) is 1.73. The molecule has 0 bridgehead atoms. The zero-order chi connectivity index (χ0) is 14.1. The maximum absolute atomic E-state index is 11.9. The van der Waals surface area contributed by atoms with E-state index in [9.17, 15) is 28.1 Å². The minimum Gasteiger partial charge on any atom is -0.498 e. The molecule has 0 fully saturated rings. The SMILES string of the molecule is O=C(Cl)c1cc(OC(F)(F)F)c(O)c([N+](=O)[O-])n1. The molecule has 0 aliphatic carbocycles. The van der Waals surface area contributed by atoms with Gasteiger partial charge in [0.15, 0.2) is 5.75 Å². The molecule has 0 amide bonds. The number of halogens is 4. The van der Waals surface area contributed by atoms with Gasteiger partial charge in [-0.1, -0.05) is 0 Å². The van der Waals surface area contributed by atoms with E-state index in [-0.39, 0.29) is 0 Å². The Morgan fingerprint density at radius 2 is 2.11 bits per heavy atom. The molecular weight excluding hydrogens is 285 g/mol. The van der Waals surface area contributed by atoms with E-state index in [0.29, 0.717) is 6.07 Å². The Balaban J connectivity index is 3.40. The molecule has 0 aromatic carbocycles. The van der Waals surface area contributed by atoms with Crippen LogP contribution >= 0.6 is 11.6 Å². The van der Waals surface area contributed by atoms with Crippen LogP contribution in [0.3, 0.4) is 0 Å². The van der Waals surface area contributed by atoms with Crippen LogP contribution in [0.1, 0.15) is 10.5 Å². The van der Waals surface area contributed by atoms with E-state index in [2.05, 4.69) is 9.72 Å². The highest BCUT2D eigenvalue weighted by Crippen LogP contribution is 2.37. The molecule has 0 radical (unpaired) electrons. The van der Waals surface area contributed by atoms with E-state index < -0.39 is 39.5 Å². The minimum atomic E-state index is -5.21. The van der Waals surface area contributed by atoms with Gasteiger partial charge in [0.2, 0.25) is 5.69 Å². The number of hydrogen-bond acceptors (Lipinski definition) is 6. The first-order valence-electron chi connectivity index (χ1n) is 3.96. The largest absolute Gasteiger partial charge is 0.573 e. The van der Waals surface area contributed by atoms with Crippen LogP contribution < -0.4 is 4.74 Å². The van der Waals surface area contributed by atoms with Gasteiger partial charge in [-0.25, -0.2) is 0 Å². The molecule has 18 heavy (non-hydrogen) atoms. The molecule has 0 atom stereocenters. The molecule has 1 aromatic heterocycles. The monoisotopic (exact) mass is 286 g/mol. The van der Waals surface area contributed by atoms with E-state index in [1.54, 1.807) is 0 Å². The number of carbonyl (C=O) groups is 1. The fourth-order valence-electron chi connectivity index (χ4n) is 0.933. The molecular formula is C7H2ClF3N2O5. The van der Waals surface area contributed by atoms with E-state index in [1.807, 2.05) is 0 Å². The summed E-state index contributed by atoms with van der Waals surface area (Å²) in [7, 11) is 0. The maximum atomic E-state index is 11.9. The van der Waals surface area contributed by atoms with Gasteiger partial charge in [-0.05, 0) is 21.5 Å². The van der Waals surface area contributed by atoms with Crippen LogP contribution in [0.4, 0.5) is 19.0 Å². The summed E-state index contributed by atoms with van der Waals surface area (Å²) in [5, 5.41) is 18.2. The number of carbonyl (C=O) groups excluding carboxylic acids is 1. The Bertz CT molecular complexity index is 519. The van der Waals surface area contributed by atoms with E-state index in [0.717, 1.165) is 0 Å². The molecule has 1 rings (SSSR count). The van der Waals surface area contributed by atoms with Crippen molar-refractivity contribution < 1.29 is 32.7 Å². The van der Waals surface area contributed by atoms with Crippen molar-refractivity contribution >= 4 is 22.7 Å². The number of nitrogens with zero attached hydrogens (tertiary/aromatic N) is 2. The number of aromatic nitrogens is 1. The van der Waals surface area contributed by atoms with E-state index in [4.69, 9.17) is 16.7 Å². The summed E-state index contributed by atoms with van der Waals surface area (Å²) in [6.45, 7) is 0. The van der Waals surface area contributed by atoms with Crippen molar-refractivity contribution in [1.82, 2.24) is 4.98 Å². The van der Waals surface area contributed by atoms with Crippen molar-refractivity contribution in [2.24, 2.45) is 0 Å². The molecule has 0 unspecified atom stereocenters. The highest BCUT2D eigenvalue weighted by Gasteiger charge is 2.36. The van der Waals surface area contributed by atoms with Gasteiger partial charge >= 0.3 is 12.2 Å². The lowest BCUT2D eigenvalue weighted by Crippen LogP contribution is -2.18. The second-order valence-corrected chi connectivity index (χ2v) is 3.10. The number of alkyl halides is 3. The van der Waals surface area contributed by atoms with Crippen LogP contribution in [-0.2, 0) is 0 Å². The quantitative estimate of drug-likeness (QED) is 0.517. The third kappa shape index (κ3) is 3.20. The third-order valence-electron chi connectivity index (χ3n) is 1.54. The number of rotatable bonds is 3. The van der Waals surface area contributed by atoms with Gasteiger partial charge in [0.05, 0.1) is 0 Å². The van der Waals surface area contributed by atoms with Crippen LogP contribution in [-0.4, -0.2) is 26.6 Å². The Kier molecular flexibility index (Phi) is 3.60. The van der Waals surface area contributed by atoms with Crippen molar-refractivity contribution in [2.45, 2.75) is 6.36 Å². The highest BCUT2D eigenvalue weighted by molar-refractivity contribution is 6.67. The Morgan fingerprint density at radius 3 is 2.50 bits per heavy atom. The Hall–Kier alpha value is -2.10. The number of aromatic hydroxyl groups is 1. The number of hydrogen-bond donors (Lipinski definition) is 1. The molecule has 11 heteroatoms. The average Bonchev–Trinajstić information content (AvgIpc) is 2.18. The first kappa shape index (κ1) is 14.0. The molecule has 1 N–H and O–H groups in total. The van der Waals surface area contributed by atoms with Crippen molar-refractivity contribution in [1.29, 1.82) is 0 Å². The van der Waals surface area contributed by atoms with Gasteiger partial charge in [0.1, 0.15) is 0 Å². The zero-order valence-electron chi connectivity index (χ0n) is 8.06. The van der Waals surface area contributed by atoms with Crippen LogP contribution in [0.5, 0.6) is 11.5 Å². The molecule has 98 valence electrons. The molecule has 0 saturated carbocycles. The van der Waals surface area contributed by atoms with Crippen molar-refractivity contribution in [2.75, 3.05) is 0 Å². The molecule has 0 saturated heterocycles. The molecule has 7 nitrogen and oxygen atoms in total. The van der Waals surface area contributed by atoms with Gasteiger partial charge in [0.25, 0.3) is 11.0 Å². The summed E-state index contributed by atoms with van der Waals surface area (Å²) < 4.78 is 39.1. The first-order valence-corrected chi connectivity index (χ1v) is 4.33. The molecule has 0 spiro atoms. The summed E-state index contributed by atoms with van der Waals surface area (Å²) in [5.74, 6) is -4.17. The average molecular weight is 287 g/mol. The predicted molar refractivity (Wildman–Crippen MR) is 49.4 cm³/mol. The first-order chi connectivity index (χ1) is 8.11. The lowest BCUT2D eigenvalue weighted by atomic mass is 10.3. The standard InChI is InChI=1S/C7H2ClF3N2O5/c8-5(15)2-1-3(18-7(9,10)11)4(14)6(12-2)13(16)17/h1,14H. The van der Waals surface area contributed by atoms with Gasteiger partial charge < -0.3 is 20.0 Å². The number of ether oxygens (including phenoxy) is 1. The summed E-state index contributed by atoms with van der Waals surface area (Å²) in [6.07, 6.45) is -5.21. The van der Waals surface area contributed by atoms with Crippen molar-refractivity contribution in [3.63, 3.8) is 0 Å². The normalized spacial score (nSPS) is 11.1. The Morgan fingerprint density at radius 1 is 1.56 bits per heavy atom. The van der Waals surface area contributed by atoms with Gasteiger partial charge in [0, 0.05) is 6.07 Å². The van der Waals surface area contributed by atoms with Crippen LogP contribution in [0.15, 0.2) is 6.07 Å². The predicted octanol–water partition coefficient (Wildman–Crippen LogP) is 1.97. The fourth-order valence-corrected chi connectivity index (χ4v) is 1.03. The lowest BCUT2D eigenvalue weighted by molar-refractivity contribution is -0.390. The van der Waals surface area contributed by atoms with Gasteiger partial charge in [-0.3, -0.25) is 4.79 Å². The summed E-state index contributed by atoms with van der Waals surface area (Å²) in [4.78, 5) is 22.8. The van der Waals surface area contributed by atoms with Crippen molar-refractivity contribution in [3.05, 3.63) is 21.9 Å². The van der Waals surface area contributed by atoms with Gasteiger partial charge in [-0.2, -0.15) is 0 Å². The second-order valence-electron chi connectivity index (χ2n) is 2.76. The summed E-state index contributed by atoms with van der Waals surface area (Å²) in [5.41, 5.74) is -0.861. The van der Waals surface area contributed by atoms with Crippen molar-refractivity contribution in [3.8, 4) is 11.5 Å². The van der Waals surface area contributed by atoms with Gasteiger partial charge in [-0.15, -0.1) is 13.2 Å². The van der Waals surface area contributed by atoms with Crippen LogP contribution in [0.2, 0.25) is 0 Å². The summed E-state index contributed by atoms with van der Waals surface area (Å²) in [6, 6.07) is 0.338. The number of pyridine rings is 1. The van der Waals surface area contributed by atoms with Crippen LogP contribution in [0, 0.1) is 10.1 Å². The minimum absolute atomic E-state index is 0.338. The molecule has 0 aliphatic rings.